The summed E-state index contributed by atoms with van der Waals surface area (Å²) < 4.78 is 1.08. The van der Waals surface area contributed by atoms with Gasteiger partial charge in [-0.2, -0.15) is 5.10 Å². The van der Waals surface area contributed by atoms with E-state index < -0.39 is 0 Å². The van der Waals surface area contributed by atoms with Crippen LogP contribution in [0, 0.1) is 0 Å². The van der Waals surface area contributed by atoms with E-state index in [9.17, 15) is 9.90 Å². The van der Waals surface area contributed by atoms with Gasteiger partial charge in [0.15, 0.2) is 0 Å². The number of carbonyl (C=O) groups is 1. The maximum absolute atomic E-state index is 12.6. The van der Waals surface area contributed by atoms with Crippen LogP contribution in [0.2, 0.25) is 0 Å². The van der Waals surface area contributed by atoms with Crippen molar-refractivity contribution in [2.75, 3.05) is 11.4 Å². The third-order valence-corrected chi connectivity index (χ3v) is 6.62. The van der Waals surface area contributed by atoms with E-state index in [1.165, 1.54) is 6.21 Å². The monoisotopic (exact) mass is 531 g/mol. The number of hydrogen-bond donors (Lipinski definition) is 2. The summed E-state index contributed by atoms with van der Waals surface area (Å²) in [6.07, 6.45) is 1.53. The second-order valence-corrected chi connectivity index (χ2v) is 9.04. The molecular formula is C21H15Br2N3O2S. The van der Waals surface area contributed by atoms with Crippen molar-refractivity contribution in [3.8, 4) is 5.75 Å². The molecule has 3 aromatic carbocycles. The lowest BCUT2D eigenvalue weighted by Crippen LogP contribution is -2.33. The van der Waals surface area contributed by atoms with E-state index in [1.54, 1.807) is 23.9 Å². The second-order valence-electron chi connectivity index (χ2n) is 6.25. The van der Waals surface area contributed by atoms with Gasteiger partial charge in [-0.15, -0.1) is 0 Å². The molecule has 146 valence electrons. The molecule has 0 aromatic heterocycles. The van der Waals surface area contributed by atoms with E-state index in [0.29, 0.717) is 8.95 Å². The number of phenolic OH excluding ortho intramolecular Hbond substituents is 1. The van der Waals surface area contributed by atoms with Gasteiger partial charge < -0.3 is 10.0 Å². The second kappa shape index (κ2) is 8.61. The first kappa shape index (κ1) is 20.0. The van der Waals surface area contributed by atoms with Gasteiger partial charge in [0, 0.05) is 9.79 Å². The van der Waals surface area contributed by atoms with Crippen molar-refractivity contribution < 1.29 is 9.90 Å². The van der Waals surface area contributed by atoms with Crippen molar-refractivity contribution in [2.24, 2.45) is 5.10 Å². The van der Waals surface area contributed by atoms with Crippen LogP contribution in [0.25, 0.3) is 0 Å². The van der Waals surface area contributed by atoms with E-state index >= 15 is 0 Å². The Morgan fingerprint density at radius 2 is 1.59 bits per heavy atom. The maximum Gasteiger partial charge on any atom is 0.260 e. The Morgan fingerprint density at radius 1 is 1.03 bits per heavy atom. The Kier molecular flexibility index (Phi) is 5.94. The summed E-state index contributed by atoms with van der Waals surface area (Å²) in [7, 11) is 0. The molecule has 4 rings (SSSR count). The molecule has 29 heavy (non-hydrogen) atoms. The number of fused-ring (bicyclic) bond motifs is 2. The highest BCUT2D eigenvalue weighted by Gasteiger charge is 2.24. The van der Waals surface area contributed by atoms with Crippen molar-refractivity contribution in [2.45, 2.75) is 9.79 Å². The van der Waals surface area contributed by atoms with Crippen LogP contribution in [-0.4, -0.2) is 23.8 Å². The average molecular weight is 533 g/mol. The van der Waals surface area contributed by atoms with E-state index in [4.69, 9.17) is 0 Å². The molecule has 0 aliphatic carbocycles. The number of para-hydroxylation sites is 2. The molecule has 0 unspecified atom stereocenters. The Morgan fingerprint density at radius 3 is 2.17 bits per heavy atom. The first-order chi connectivity index (χ1) is 14.0. The number of hydrazone groups is 1. The number of nitrogens with zero attached hydrogens (tertiary/aromatic N) is 2. The van der Waals surface area contributed by atoms with Crippen LogP contribution >= 0.6 is 43.6 Å². The summed E-state index contributed by atoms with van der Waals surface area (Å²) in [5, 5.41) is 13.8. The lowest BCUT2D eigenvalue weighted by Gasteiger charge is -2.31. The molecule has 2 N–H and O–H groups in total. The van der Waals surface area contributed by atoms with Crippen LogP contribution in [0.1, 0.15) is 5.56 Å². The molecule has 0 saturated heterocycles. The standard InChI is InChI=1S/C21H15Br2N3O2S/c22-14-9-13(10-15(23)21(14)28)11-24-25-20(27)12-26-16-5-1-3-7-18(16)29-19-8-4-2-6-17(19)26/h1-11,28H,12H2,(H,25,27). The quantitative estimate of drug-likeness (QED) is 0.335. The summed E-state index contributed by atoms with van der Waals surface area (Å²) in [5.74, 6) is -0.110. The van der Waals surface area contributed by atoms with Gasteiger partial charge in [-0.3, -0.25) is 4.79 Å². The summed E-state index contributed by atoms with van der Waals surface area (Å²) in [5.41, 5.74) is 5.31. The molecule has 0 atom stereocenters. The van der Waals surface area contributed by atoms with Gasteiger partial charge in [-0.25, -0.2) is 5.43 Å². The van der Waals surface area contributed by atoms with Crippen molar-refractivity contribution in [3.05, 3.63) is 75.2 Å². The third kappa shape index (κ3) is 4.34. The van der Waals surface area contributed by atoms with Gasteiger partial charge >= 0.3 is 0 Å². The molecule has 0 fully saturated rings. The summed E-state index contributed by atoms with van der Waals surface area (Å²) in [6, 6.07) is 19.5. The van der Waals surface area contributed by atoms with Crippen molar-refractivity contribution in [3.63, 3.8) is 0 Å². The number of aromatic hydroxyl groups is 1. The lowest BCUT2D eigenvalue weighted by molar-refractivity contribution is -0.119. The largest absolute Gasteiger partial charge is 0.506 e. The first-order valence-electron chi connectivity index (χ1n) is 8.66. The van der Waals surface area contributed by atoms with Crippen molar-refractivity contribution in [1.82, 2.24) is 5.43 Å². The molecule has 1 aliphatic heterocycles. The van der Waals surface area contributed by atoms with Crippen LogP contribution in [0.4, 0.5) is 11.4 Å². The number of phenols is 1. The Balaban J connectivity index is 1.50. The first-order valence-corrected chi connectivity index (χ1v) is 11.1. The minimum absolute atomic E-state index is 0.117. The molecule has 3 aromatic rings. The molecule has 0 saturated carbocycles. The molecule has 0 radical (unpaired) electrons. The van der Waals surface area contributed by atoms with Crippen LogP contribution in [0.3, 0.4) is 0 Å². The lowest BCUT2D eigenvalue weighted by atomic mass is 10.2. The zero-order valence-corrected chi connectivity index (χ0v) is 19.0. The molecule has 1 aliphatic rings. The fourth-order valence-corrected chi connectivity index (χ4v) is 5.29. The zero-order chi connectivity index (χ0) is 20.4. The van der Waals surface area contributed by atoms with Crippen molar-refractivity contribution in [1.29, 1.82) is 0 Å². The number of halogens is 2. The van der Waals surface area contributed by atoms with Gasteiger partial charge in [-0.1, -0.05) is 36.0 Å². The average Bonchev–Trinajstić information content (AvgIpc) is 2.72. The van der Waals surface area contributed by atoms with Gasteiger partial charge in [0.05, 0.1) is 26.5 Å². The summed E-state index contributed by atoms with van der Waals surface area (Å²) >= 11 is 8.25. The van der Waals surface area contributed by atoms with Crippen LogP contribution in [0.5, 0.6) is 5.75 Å². The number of nitrogens with one attached hydrogen (secondary N) is 1. The van der Waals surface area contributed by atoms with Crippen LogP contribution in [0.15, 0.2) is 84.5 Å². The number of benzene rings is 3. The number of hydrogen-bond acceptors (Lipinski definition) is 5. The fraction of sp³-hybridized carbons (Fsp3) is 0.0476. The van der Waals surface area contributed by atoms with Crippen LogP contribution in [-0.2, 0) is 4.79 Å². The Hall–Kier alpha value is -2.29. The third-order valence-electron chi connectivity index (χ3n) is 4.28. The van der Waals surface area contributed by atoms with Gasteiger partial charge in [0.25, 0.3) is 5.91 Å². The number of carbonyl (C=O) groups excluding carboxylic acids is 1. The van der Waals surface area contributed by atoms with E-state index in [2.05, 4.69) is 54.5 Å². The predicted molar refractivity (Wildman–Crippen MR) is 123 cm³/mol. The Bertz CT molecular complexity index is 1050. The highest BCUT2D eigenvalue weighted by Crippen LogP contribution is 2.47. The van der Waals surface area contributed by atoms with Crippen molar-refractivity contribution >= 4 is 67.1 Å². The Labute approximate surface area is 189 Å². The number of amides is 1. The molecular weight excluding hydrogens is 518 g/mol. The highest BCUT2D eigenvalue weighted by molar-refractivity contribution is 9.11. The zero-order valence-electron chi connectivity index (χ0n) is 15.0. The predicted octanol–water partition coefficient (Wildman–Crippen LogP) is 5.67. The number of rotatable bonds is 4. The molecule has 8 heteroatoms. The van der Waals surface area contributed by atoms with E-state index in [-0.39, 0.29) is 18.2 Å². The van der Waals surface area contributed by atoms with E-state index in [0.717, 1.165) is 26.7 Å². The molecule has 1 heterocycles. The minimum atomic E-state index is -0.227. The van der Waals surface area contributed by atoms with Gasteiger partial charge in [0.1, 0.15) is 12.3 Å². The smallest absolute Gasteiger partial charge is 0.260 e. The minimum Gasteiger partial charge on any atom is -0.506 e. The fourth-order valence-electron chi connectivity index (χ4n) is 2.97. The van der Waals surface area contributed by atoms with Gasteiger partial charge in [-0.05, 0) is 73.8 Å². The highest BCUT2D eigenvalue weighted by atomic mass is 79.9. The van der Waals surface area contributed by atoms with Gasteiger partial charge in [0.2, 0.25) is 0 Å². The van der Waals surface area contributed by atoms with E-state index in [1.807, 2.05) is 41.3 Å². The number of anilines is 2. The summed E-state index contributed by atoms with van der Waals surface area (Å²) in [4.78, 5) is 16.8. The maximum atomic E-state index is 12.6. The SMILES string of the molecule is O=C(CN1c2ccccc2Sc2ccccc21)NN=Cc1cc(Br)c(O)c(Br)c1. The molecule has 0 spiro atoms. The normalized spacial score (nSPS) is 12.6. The molecule has 5 nitrogen and oxygen atoms in total. The summed E-state index contributed by atoms with van der Waals surface area (Å²) in [6.45, 7) is 0.148. The topological polar surface area (TPSA) is 64.9 Å². The molecule has 0 bridgehead atoms. The van der Waals surface area contributed by atoms with Crippen LogP contribution < -0.4 is 10.3 Å². The molecule has 1 amide bonds.